The summed E-state index contributed by atoms with van der Waals surface area (Å²) in [4.78, 5) is 21.2. The Hall–Kier alpha value is -2.76. The summed E-state index contributed by atoms with van der Waals surface area (Å²) in [7, 11) is 0. The molecule has 0 heterocycles. The smallest absolute Gasteiger partial charge is 0.258 e. The van der Waals surface area contributed by atoms with Crippen LogP contribution in [0.1, 0.15) is 56.1 Å². The van der Waals surface area contributed by atoms with Crippen molar-refractivity contribution in [3.05, 3.63) is 79.9 Å². The molecule has 0 aromatic heterocycles. The van der Waals surface area contributed by atoms with Gasteiger partial charge in [0.2, 0.25) is 0 Å². The molecule has 0 amide bonds. The lowest BCUT2D eigenvalue weighted by Crippen LogP contribution is -2.29. The van der Waals surface area contributed by atoms with Crippen molar-refractivity contribution in [2.24, 2.45) is 0 Å². The lowest BCUT2D eigenvalue weighted by Gasteiger charge is -2.37. The van der Waals surface area contributed by atoms with Gasteiger partial charge in [0.15, 0.2) is 0 Å². The van der Waals surface area contributed by atoms with E-state index >= 15 is 0 Å². The molecule has 136 valence electrons. The number of hydrogen-bond donors (Lipinski definition) is 0. The van der Waals surface area contributed by atoms with Crippen LogP contribution < -0.4 is 0 Å². The lowest BCUT2D eigenvalue weighted by molar-refractivity contribution is -0.385. The predicted molar refractivity (Wildman–Crippen MR) is 99.3 cm³/mol. The van der Waals surface area contributed by atoms with Gasteiger partial charge in [-0.2, -0.15) is 0 Å². The molecule has 0 spiro atoms. The van der Waals surface area contributed by atoms with Crippen molar-refractivity contribution >= 4 is 11.4 Å². The summed E-state index contributed by atoms with van der Waals surface area (Å²) in [6.45, 7) is 0. The van der Waals surface area contributed by atoms with E-state index in [-0.39, 0.29) is 26.6 Å². The highest BCUT2D eigenvalue weighted by Crippen LogP contribution is 2.44. The largest absolute Gasteiger partial charge is 0.269 e. The van der Waals surface area contributed by atoms with E-state index in [9.17, 15) is 20.2 Å². The van der Waals surface area contributed by atoms with Crippen molar-refractivity contribution < 1.29 is 9.85 Å². The van der Waals surface area contributed by atoms with E-state index in [1.807, 2.05) is 24.3 Å². The van der Waals surface area contributed by atoms with Crippen LogP contribution in [0.4, 0.5) is 11.4 Å². The van der Waals surface area contributed by atoms with Gasteiger partial charge in [-0.3, -0.25) is 20.2 Å². The average Bonchev–Trinajstić information content (AvgIpc) is 2.62. The fraction of sp³-hybridized carbons (Fsp3) is 0.400. The maximum Gasteiger partial charge on any atom is 0.269 e. The van der Waals surface area contributed by atoms with Gasteiger partial charge in [-0.05, 0) is 24.0 Å². The summed E-state index contributed by atoms with van der Waals surface area (Å²) in [5.41, 5.74) is 2.03. The molecule has 0 radical (unpaired) electrons. The molecular weight excluding hydrogens is 332 g/mol. The summed E-state index contributed by atoms with van der Waals surface area (Å²) < 4.78 is 0. The van der Waals surface area contributed by atoms with Crippen LogP contribution in [-0.4, -0.2) is 9.85 Å². The number of nitrogens with zero attached hydrogens (tertiary/aromatic N) is 2. The van der Waals surface area contributed by atoms with E-state index in [4.69, 9.17) is 0 Å². The molecule has 1 fully saturated rings. The van der Waals surface area contributed by atoms with Gasteiger partial charge in [0.1, 0.15) is 0 Å². The van der Waals surface area contributed by atoms with Gasteiger partial charge >= 0.3 is 0 Å². The third kappa shape index (κ3) is 3.59. The Kier molecular flexibility index (Phi) is 5.30. The number of benzene rings is 2. The number of rotatable bonds is 4. The van der Waals surface area contributed by atoms with Crippen LogP contribution >= 0.6 is 0 Å². The van der Waals surface area contributed by atoms with Crippen molar-refractivity contribution in [2.45, 2.75) is 50.4 Å². The first-order chi connectivity index (χ1) is 12.5. The molecule has 26 heavy (non-hydrogen) atoms. The van der Waals surface area contributed by atoms with Gasteiger partial charge in [0.05, 0.1) is 9.85 Å². The van der Waals surface area contributed by atoms with Crippen molar-refractivity contribution in [3.63, 3.8) is 0 Å². The zero-order valence-electron chi connectivity index (χ0n) is 14.6. The predicted octanol–water partition coefficient (Wildman–Crippen LogP) is 5.53. The Bertz CT molecular complexity index is 717. The van der Waals surface area contributed by atoms with E-state index in [1.165, 1.54) is 19.3 Å². The number of hydrogen-bond acceptors (Lipinski definition) is 4. The van der Waals surface area contributed by atoms with Crippen LogP contribution in [0.25, 0.3) is 0 Å². The fourth-order valence-corrected chi connectivity index (χ4v) is 4.06. The maximum absolute atomic E-state index is 11.0. The van der Waals surface area contributed by atoms with E-state index in [0.717, 1.165) is 36.8 Å². The van der Waals surface area contributed by atoms with E-state index in [0.29, 0.717) is 0 Å². The standard InChI is InChI=1S/C20H22N2O4/c23-21(24)18-10-6-16(7-11-18)20(14-4-2-1-3-5-15-20)17-8-12-19(13-9-17)22(25)26/h6-13H,1-5,14-15H2. The molecule has 1 aliphatic rings. The van der Waals surface area contributed by atoms with E-state index in [1.54, 1.807) is 24.3 Å². The number of nitro benzene ring substituents is 2. The molecule has 6 nitrogen and oxygen atoms in total. The highest BCUT2D eigenvalue weighted by Gasteiger charge is 2.34. The molecule has 0 atom stereocenters. The Labute approximate surface area is 152 Å². The molecule has 0 bridgehead atoms. The van der Waals surface area contributed by atoms with Gasteiger partial charge in [-0.25, -0.2) is 0 Å². The second-order valence-corrected chi connectivity index (χ2v) is 6.96. The minimum absolute atomic E-state index is 0.0819. The van der Waals surface area contributed by atoms with Gasteiger partial charge in [0.25, 0.3) is 11.4 Å². The molecule has 0 N–H and O–H groups in total. The monoisotopic (exact) mass is 354 g/mol. The minimum Gasteiger partial charge on any atom is -0.258 e. The molecule has 0 unspecified atom stereocenters. The minimum atomic E-state index is -0.388. The van der Waals surface area contributed by atoms with Crippen LogP contribution in [0.3, 0.4) is 0 Å². The number of nitro groups is 2. The van der Waals surface area contributed by atoms with Crippen LogP contribution in [-0.2, 0) is 5.41 Å². The van der Waals surface area contributed by atoms with E-state index in [2.05, 4.69) is 0 Å². The summed E-state index contributed by atoms with van der Waals surface area (Å²) in [5.74, 6) is 0. The molecule has 2 aromatic rings. The van der Waals surface area contributed by atoms with Crippen LogP contribution in [0, 0.1) is 20.2 Å². The number of non-ortho nitro benzene ring substituents is 2. The Morgan fingerprint density at radius 1 is 0.615 bits per heavy atom. The molecule has 0 aliphatic heterocycles. The Morgan fingerprint density at radius 3 is 1.31 bits per heavy atom. The van der Waals surface area contributed by atoms with Crippen LogP contribution in [0.5, 0.6) is 0 Å². The van der Waals surface area contributed by atoms with Crippen LogP contribution in [0.2, 0.25) is 0 Å². The normalized spacial score (nSPS) is 17.1. The molecule has 0 saturated heterocycles. The van der Waals surface area contributed by atoms with E-state index < -0.39 is 0 Å². The topological polar surface area (TPSA) is 86.3 Å². The van der Waals surface area contributed by atoms with Gasteiger partial charge in [-0.1, -0.05) is 56.4 Å². The molecule has 1 saturated carbocycles. The van der Waals surface area contributed by atoms with Crippen molar-refractivity contribution in [2.75, 3.05) is 0 Å². The lowest BCUT2D eigenvalue weighted by atomic mass is 9.67. The highest BCUT2D eigenvalue weighted by molar-refractivity contribution is 5.45. The summed E-state index contributed by atoms with van der Waals surface area (Å²) in [6.07, 6.45) is 7.62. The SMILES string of the molecule is O=[N+]([O-])c1ccc(C2(c3ccc([N+](=O)[O-])cc3)CCCCCCC2)cc1. The summed E-state index contributed by atoms with van der Waals surface area (Å²) >= 11 is 0. The first kappa shape index (κ1) is 18.0. The van der Waals surface area contributed by atoms with Crippen LogP contribution in [0.15, 0.2) is 48.5 Å². The second kappa shape index (κ2) is 7.64. The first-order valence-electron chi connectivity index (χ1n) is 9.03. The molecule has 1 aliphatic carbocycles. The molecule has 2 aromatic carbocycles. The Morgan fingerprint density at radius 2 is 0.962 bits per heavy atom. The quantitative estimate of drug-likeness (QED) is 0.533. The third-order valence-corrected chi connectivity index (χ3v) is 5.47. The van der Waals surface area contributed by atoms with Crippen molar-refractivity contribution in [1.29, 1.82) is 0 Å². The van der Waals surface area contributed by atoms with Gasteiger partial charge < -0.3 is 0 Å². The van der Waals surface area contributed by atoms with Crippen molar-refractivity contribution in [3.8, 4) is 0 Å². The highest BCUT2D eigenvalue weighted by atomic mass is 16.6. The molecule has 6 heteroatoms. The maximum atomic E-state index is 11.0. The second-order valence-electron chi connectivity index (χ2n) is 6.96. The van der Waals surface area contributed by atoms with Crippen molar-refractivity contribution in [1.82, 2.24) is 0 Å². The molecule has 3 rings (SSSR count). The summed E-state index contributed by atoms with van der Waals surface area (Å²) in [5, 5.41) is 22.0. The van der Waals surface area contributed by atoms with Gasteiger partial charge in [0, 0.05) is 29.7 Å². The fourth-order valence-electron chi connectivity index (χ4n) is 4.06. The molecular formula is C20H22N2O4. The third-order valence-electron chi connectivity index (χ3n) is 5.47. The summed E-state index contributed by atoms with van der Waals surface area (Å²) in [6, 6.07) is 13.6. The van der Waals surface area contributed by atoms with Gasteiger partial charge in [-0.15, -0.1) is 0 Å². The average molecular weight is 354 g/mol. The zero-order chi connectivity index (χ0) is 18.6. The first-order valence-corrected chi connectivity index (χ1v) is 9.03. The Balaban J connectivity index is 2.06. The zero-order valence-corrected chi connectivity index (χ0v) is 14.6.